The van der Waals surface area contributed by atoms with E-state index < -0.39 is 11.9 Å². The first-order valence-corrected chi connectivity index (χ1v) is 2.06. The molecule has 2 radical (unpaired) electrons. The maximum atomic E-state index is 9.64. The zero-order valence-corrected chi connectivity index (χ0v) is 10.1. The van der Waals surface area contributed by atoms with Crippen molar-refractivity contribution in [1.29, 1.82) is 0 Å². The minimum atomic E-state index is -1.08. The van der Waals surface area contributed by atoms with Gasteiger partial charge in [0.25, 0.3) is 0 Å². The van der Waals surface area contributed by atoms with Crippen molar-refractivity contribution in [2.45, 2.75) is 12.8 Å². The van der Waals surface area contributed by atoms with E-state index in [1.807, 2.05) is 0 Å². The second-order valence-electron chi connectivity index (χ2n) is 1.29. The molecule has 60 valence electrons. The fraction of sp³-hybridized carbons (Fsp3) is 0.500. The number of carboxylic acids is 2. The maximum absolute atomic E-state index is 9.64. The Kier molecular flexibility index (Phi) is 14.9. The third-order valence-corrected chi connectivity index (χ3v) is 0.553. The van der Waals surface area contributed by atoms with Gasteiger partial charge in [0.1, 0.15) is 0 Å². The summed E-state index contributed by atoms with van der Waals surface area (Å²) in [6, 6.07) is 0. The number of halogens is 1. The Hall–Kier alpha value is 0.0287. The van der Waals surface area contributed by atoms with E-state index >= 15 is 0 Å². The molecule has 0 unspecified atom stereocenters. The van der Waals surface area contributed by atoms with Crippen molar-refractivity contribution in [2.75, 3.05) is 0 Å². The fourth-order valence-electron chi connectivity index (χ4n) is 0.214. The SMILES string of the molecule is Cl.O=C(O)CCC(=O)O.[SnH2]. The number of hydrogen-bond acceptors (Lipinski definition) is 2. The van der Waals surface area contributed by atoms with Crippen LogP contribution in [-0.4, -0.2) is 46.1 Å². The van der Waals surface area contributed by atoms with Crippen molar-refractivity contribution in [3.8, 4) is 0 Å². The molecule has 0 heterocycles. The summed E-state index contributed by atoms with van der Waals surface area (Å²) in [7, 11) is 0. The topological polar surface area (TPSA) is 74.6 Å². The van der Waals surface area contributed by atoms with Gasteiger partial charge in [-0.05, 0) is 0 Å². The molecule has 0 atom stereocenters. The third kappa shape index (κ3) is 15.7. The standard InChI is InChI=1S/C4H6O4.ClH.Sn.2H/c5-3(6)1-2-4(7)8;;;;/h1-2H2,(H,5,6)(H,7,8);1H;;;. The molecule has 0 saturated carbocycles. The first-order chi connectivity index (χ1) is 3.63. The van der Waals surface area contributed by atoms with Crippen LogP contribution in [0.15, 0.2) is 0 Å². The summed E-state index contributed by atoms with van der Waals surface area (Å²) in [5.41, 5.74) is 0. The van der Waals surface area contributed by atoms with E-state index in [-0.39, 0.29) is 49.2 Å². The van der Waals surface area contributed by atoms with E-state index in [0.29, 0.717) is 0 Å². The molecule has 0 fully saturated rings. The van der Waals surface area contributed by atoms with Crippen molar-refractivity contribution in [3.63, 3.8) is 0 Å². The average molecular weight is 275 g/mol. The van der Waals surface area contributed by atoms with Crippen LogP contribution in [0.4, 0.5) is 0 Å². The summed E-state index contributed by atoms with van der Waals surface area (Å²) in [4.78, 5) is 19.3. The number of carbonyl (C=O) groups is 2. The summed E-state index contributed by atoms with van der Waals surface area (Å²) in [5.74, 6) is -2.15. The van der Waals surface area contributed by atoms with Crippen LogP contribution < -0.4 is 0 Å². The van der Waals surface area contributed by atoms with Gasteiger partial charge in [-0.2, -0.15) is 0 Å². The molecular formula is C4H9ClO4Sn. The van der Waals surface area contributed by atoms with Crippen LogP contribution in [0.25, 0.3) is 0 Å². The normalized spacial score (nSPS) is 6.80. The first kappa shape index (κ1) is 16.5. The van der Waals surface area contributed by atoms with Crippen LogP contribution in [0, 0.1) is 0 Å². The van der Waals surface area contributed by atoms with Crippen LogP contribution >= 0.6 is 12.4 Å². The second-order valence-corrected chi connectivity index (χ2v) is 1.29. The van der Waals surface area contributed by atoms with E-state index in [9.17, 15) is 9.59 Å². The zero-order chi connectivity index (χ0) is 6.57. The second kappa shape index (κ2) is 9.03. The Morgan fingerprint density at radius 2 is 1.20 bits per heavy atom. The van der Waals surface area contributed by atoms with Gasteiger partial charge in [-0.15, -0.1) is 12.4 Å². The fourth-order valence-corrected chi connectivity index (χ4v) is 0.214. The number of carboxylic acid groups (broad SMARTS) is 2. The van der Waals surface area contributed by atoms with E-state index in [4.69, 9.17) is 10.2 Å². The van der Waals surface area contributed by atoms with Gasteiger partial charge >= 0.3 is 35.8 Å². The van der Waals surface area contributed by atoms with Crippen LogP contribution in [0.3, 0.4) is 0 Å². The summed E-state index contributed by atoms with van der Waals surface area (Å²) < 4.78 is 0. The molecule has 0 aliphatic heterocycles. The quantitative estimate of drug-likeness (QED) is 0.677. The van der Waals surface area contributed by atoms with E-state index in [1.165, 1.54) is 0 Å². The molecule has 0 bridgehead atoms. The molecule has 0 aromatic heterocycles. The molecular weight excluding hydrogens is 266 g/mol. The molecule has 4 nitrogen and oxygen atoms in total. The van der Waals surface area contributed by atoms with Gasteiger partial charge in [-0.25, -0.2) is 0 Å². The molecule has 0 aliphatic rings. The van der Waals surface area contributed by atoms with Gasteiger partial charge in [0.15, 0.2) is 0 Å². The molecule has 0 amide bonds. The van der Waals surface area contributed by atoms with Gasteiger partial charge in [-0.3, -0.25) is 9.59 Å². The summed E-state index contributed by atoms with van der Waals surface area (Å²) in [6.07, 6.45) is -0.593. The Morgan fingerprint density at radius 1 is 1.00 bits per heavy atom. The van der Waals surface area contributed by atoms with Gasteiger partial charge in [0.2, 0.25) is 0 Å². The van der Waals surface area contributed by atoms with Crippen molar-refractivity contribution in [3.05, 3.63) is 0 Å². The minimum absolute atomic E-state index is 0. The van der Waals surface area contributed by atoms with Crippen LogP contribution in [0.1, 0.15) is 12.8 Å². The van der Waals surface area contributed by atoms with Crippen molar-refractivity contribution < 1.29 is 19.8 Å². The predicted octanol–water partition coefficient (Wildman–Crippen LogP) is -0.559. The molecule has 0 aromatic carbocycles. The van der Waals surface area contributed by atoms with E-state index in [0.717, 1.165) is 0 Å². The van der Waals surface area contributed by atoms with Gasteiger partial charge in [-0.1, -0.05) is 0 Å². The van der Waals surface area contributed by atoms with Crippen LogP contribution in [0.5, 0.6) is 0 Å². The van der Waals surface area contributed by atoms with Gasteiger partial charge < -0.3 is 10.2 Å². The number of rotatable bonds is 3. The zero-order valence-electron chi connectivity index (χ0n) is 5.24. The number of hydrogen-bond donors (Lipinski definition) is 2. The Balaban J connectivity index is -0.000000245. The molecule has 0 aliphatic carbocycles. The molecule has 0 spiro atoms. The Bertz CT molecular complexity index is 102. The molecule has 2 N–H and O–H groups in total. The number of aliphatic carboxylic acids is 2. The molecule has 10 heavy (non-hydrogen) atoms. The predicted molar refractivity (Wildman–Crippen MR) is 40.3 cm³/mol. The molecule has 0 rings (SSSR count). The first-order valence-electron chi connectivity index (χ1n) is 2.06. The van der Waals surface area contributed by atoms with Gasteiger partial charge in [0.05, 0.1) is 12.8 Å². The monoisotopic (exact) mass is 276 g/mol. The summed E-state index contributed by atoms with van der Waals surface area (Å²) in [6.45, 7) is 0. The van der Waals surface area contributed by atoms with E-state index in [1.54, 1.807) is 0 Å². The summed E-state index contributed by atoms with van der Waals surface area (Å²) >= 11 is 0. The summed E-state index contributed by atoms with van der Waals surface area (Å²) in [5, 5.41) is 15.8. The third-order valence-electron chi connectivity index (χ3n) is 0.553. The average Bonchev–Trinajstić information content (AvgIpc) is 1.61. The molecule has 0 saturated heterocycles. The molecule has 6 heteroatoms. The van der Waals surface area contributed by atoms with Crippen molar-refractivity contribution >= 4 is 48.3 Å². The Morgan fingerprint density at radius 3 is 1.30 bits per heavy atom. The molecule has 0 aromatic rings. The van der Waals surface area contributed by atoms with E-state index in [2.05, 4.69) is 0 Å². The van der Waals surface area contributed by atoms with Crippen molar-refractivity contribution in [1.82, 2.24) is 0 Å². The van der Waals surface area contributed by atoms with Crippen LogP contribution in [-0.2, 0) is 9.59 Å². The Labute approximate surface area is 81.0 Å². The van der Waals surface area contributed by atoms with Crippen molar-refractivity contribution in [2.24, 2.45) is 0 Å². The van der Waals surface area contributed by atoms with Gasteiger partial charge in [0, 0.05) is 0 Å². The van der Waals surface area contributed by atoms with Crippen LogP contribution in [0.2, 0.25) is 0 Å².